The third-order valence-corrected chi connectivity index (χ3v) is 4.26. The summed E-state index contributed by atoms with van der Waals surface area (Å²) in [6.45, 7) is 2.93. The minimum absolute atomic E-state index is 0.00851. The Bertz CT molecular complexity index is 773. The quantitative estimate of drug-likeness (QED) is 0.850. The SMILES string of the molecule is CCOC(=O)c1ccccc1NCC(=O)N1CCCc2ccccc21. The maximum atomic E-state index is 12.7. The van der Waals surface area contributed by atoms with Gasteiger partial charge in [0.15, 0.2) is 0 Å². The molecule has 25 heavy (non-hydrogen) atoms. The Morgan fingerprint density at radius 1 is 1.12 bits per heavy atom. The molecule has 0 spiro atoms. The molecule has 1 aliphatic heterocycles. The second kappa shape index (κ2) is 7.83. The zero-order chi connectivity index (χ0) is 17.6. The summed E-state index contributed by atoms with van der Waals surface area (Å²) in [5, 5.41) is 3.09. The van der Waals surface area contributed by atoms with Gasteiger partial charge in [-0.3, -0.25) is 4.79 Å². The summed E-state index contributed by atoms with van der Waals surface area (Å²) in [5.74, 6) is -0.396. The molecule has 0 saturated carbocycles. The Kier molecular flexibility index (Phi) is 5.33. The lowest BCUT2D eigenvalue weighted by atomic mass is 10.0. The Balaban J connectivity index is 1.71. The van der Waals surface area contributed by atoms with Crippen LogP contribution in [0, 0.1) is 0 Å². The molecule has 0 atom stereocenters. The van der Waals surface area contributed by atoms with Crippen molar-refractivity contribution in [3.63, 3.8) is 0 Å². The highest BCUT2D eigenvalue weighted by molar-refractivity contribution is 5.99. The van der Waals surface area contributed by atoms with Gasteiger partial charge in [-0.2, -0.15) is 0 Å². The van der Waals surface area contributed by atoms with E-state index < -0.39 is 0 Å². The first-order valence-electron chi connectivity index (χ1n) is 8.59. The van der Waals surface area contributed by atoms with Crippen LogP contribution in [-0.4, -0.2) is 31.6 Å². The van der Waals surface area contributed by atoms with Crippen LogP contribution in [-0.2, 0) is 16.0 Å². The van der Waals surface area contributed by atoms with Crippen molar-refractivity contribution in [3.8, 4) is 0 Å². The number of nitrogens with one attached hydrogen (secondary N) is 1. The molecule has 5 heteroatoms. The third-order valence-electron chi connectivity index (χ3n) is 4.26. The molecule has 5 nitrogen and oxygen atoms in total. The fraction of sp³-hybridized carbons (Fsp3) is 0.300. The summed E-state index contributed by atoms with van der Waals surface area (Å²) in [7, 11) is 0. The summed E-state index contributed by atoms with van der Waals surface area (Å²) < 4.78 is 5.06. The van der Waals surface area contributed by atoms with Gasteiger partial charge in [-0.25, -0.2) is 4.79 Å². The normalized spacial score (nSPS) is 13.1. The lowest BCUT2D eigenvalue weighted by molar-refractivity contribution is -0.117. The van der Waals surface area contributed by atoms with Gasteiger partial charge >= 0.3 is 5.97 Å². The predicted molar refractivity (Wildman–Crippen MR) is 98.0 cm³/mol. The van der Waals surface area contributed by atoms with E-state index in [2.05, 4.69) is 11.4 Å². The fourth-order valence-electron chi connectivity index (χ4n) is 3.08. The second-order valence-electron chi connectivity index (χ2n) is 5.90. The highest BCUT2D eigenvalue weighted by atomic mass is 16.5. The predicted octanol–water partition coefficient (Wildman–Crippen LogP) is 3.25. The molecule has 0 aromatic heterocycles. The standard InChI is InChI=1S/C20H22N2O3/c1-2-25-20(24)16-10-4-5-11-17(16)21-14-19(23)22-13-7-9-15-8-3-6-12-18(15)22/h3-6,8,10-12,21H,2,7,9,13-14H2,1H3. The molecule has 3 rings (SSSR count). The third kappa shape index (κ3) is 3.82. The Morgan fingerprint density at radius 3 is 2.72 bits per heavy atom. The van der Waals surface area contributed by atoms with Crippen LogP contribution in [0.4, 0.5) is 11.4 Å². The first-order chi connectivity index (χ1) is 12.2. The van der Waals surface area contributed by atoms with Crippen LogP contribution in [0.3, 0.4) is 0 Å². The zero-order valence-corrected chi connectivity index (χ0v) is 14.3. The Labute approximate surface area is 147 Å². The minimum Gasteiger partial charge on any atom is -0.462 e. The van der Waals surface area contributed by atoms with Gasteiger partial charge in [0.25, 0.3) is 0 Å². The number of carbonyl (C=O) groups excluding carboxylic acids is 2. The van der Waals surface area contributed by atoms with Crippen molar-refractivity contribution in [3.05, 3.63) is 59.7 Å². The Hall–Kier alpha value is -2.82. The molecule has 1 N–H and O–H groups in total. The zero-order valence-electron chi connectivity index (χ0n) is 14.3. The van der Waals surface area contributed by atoms with Crippen molar-refractivity contribution < 1.29 is 14.3 Å². The summed E-state index contributed by atoms with van der Waals surface area (Å²) >= 11 is 0. The first-order valence-corrected chi connectivity index (χ1v) is 8.59. The van der Waals surface area contributed by atoms with Gasteiger partial charge in [0.05, 0.1) is 18.7 Å². The molecule has 2 aromatic carbocycles. The summed E-state index contributed by atoms with van der Waals surface area (Å²) in [6.07, 6.45) is 1.96. The number of fused-ring (bicyclic) bond motifs is 1. The number of carbonyl (C=O) groups is 2. The smallest absolute Gasteiger partial charge is 0.340 e. The van der Waals surface area contributed by atoms with Crippen LogP contribution < -0.4 is 10.2 Å². The van der Waals surface area contributed by atoms with Crippen LogP contribution in [0.15, 0.2) is 48.5 Å². The number of ether oxygens (including phenoxy) is 1. The summed E-state index contributed by atoms with van der Waals surface area (Å²) in [6, 6.07) is 15.1. The molecule has 0 radical (unpaired) electrons. The monoisotopic (exact) mass is 338 g/mol. The first kappa shape index (κ1) is 17.0. The van der Waals surface area contributed by atoms with E-state index in [1.165, 1.54) is 5.56 Å². The maximum Gasteiger partial charge on any atom is 0.340 e. The Morgan fingerprint density at radius 2 is 1.88 bits per heavy atom. The largest absolute Gasteiger partial charge is 0.462 e. The van der Waals surface area contributed by atoms with E-state index in [0.29, 0.717) is 17.9 Å². The lowest BCUT2D eigenvalue weighted by Gasteiger charge is -2.29. The molecule has 2 aromatic rings. The van der Waals surface area contributed by atoms with Gasteiger partial charge in [0.1, 0.15) is 0 Å². The molecule has 1 heterocycles. The van der Waals surface area contributed by atoms with E-state index in [-0.39, 0.29) is 18.4 Å². The number of hydrogen-bond acceptors (Lipinski definition) is 4. The summed E-state index contributed by atoms with van der Waals surface area (Å²) in [5.41, 5.74) is 3.24. The molecule has 0 fully saturated rings. The van der Waals surface area contributed by atoms with Crippen LogP contribution >= 0.6 is 0 Å². The molecule has 0 saturated heterocycles. The van der Waals surface area contributed by atoms with E-state index in [1.54, 1.807) is 25.1 Å². The van der Waals surface area contributed by atoms with Crippen LogP contribution in [0.25, 0.3) is 0 Å². The van der Waals surface area contributed by atoms with Gasteiger partial charge in [0.2, 0.25) is 5.91 Å². The lowest BCUT2D eigenvalue weighted by Crippen LogP contribution is -2.39. The van der Waals surface area contributed by atoms with E-state index in [0.717, 1.165) is 25.1 Å². The molecule has 1 aliphatic rings. The van der Waals surface area contributed by atoms with Gasteiger partial charge in [0, 0.05) is 17.9 Å². The van der Waals surface area contributed by atoms with E-state index in [9.17, 15) is 9.59 Å². The average Bonchev–Trinajstić information content (AvgIpc) is 2.66. The van der Waals surface area contributed by atoms with Gasteiger partial charge in [-0.15, -0.1) is 0 Å². The van der Waals surface area contributed by atoms with E-state index >= 15 is 0 Å². The van der Waals surface area contributed by atoms with E-state index in [4.69, 9.17) is 4.74 Å². The van der Waals surface area contributed by atoms with Gasteiger partial charge in [-0.05, 0) is 43.5 Å². The molecule has 0 aliphatic carbocycles. The fourth-order valence-corrected chi connectivity index (χ4v) is 3.08. The van der Waals surface area contributed by atoms with Crippen LogP contribution in [0.2, 0.25) is 0 Å². The van der Waals surface area contributed by atoms with Gasteiger partial charge < -0.3 is 15.0 Å². The van der Waals surface area contributed by atoms with Crippen LogP contribution in [0.5, 0.6) is 0 Å². The number of esters is 1. The maximum absolute atomic E-state index is 12.7. The van der Waals surface area contributed by atoms with Crippen molar-refractivity contribution in [1.29, 1.82) is 0 Å². The van der Waals surface area contributed by atoms with Crippen molar-refractivity contribution >= 4 is 23.3 Å². The number of anilines is 2. The topological polar surface area (TPSA) is 58.6 Å². The molecular formula is C20H22N2O3. The molecule has 0 unspecified atom stereocenters. The highest BCUT2D eigenvalue weighted by Crippen LogP contribution is 2.26. The molecular weight excluding hydrogens is 316 g/mol. The number of benzene rings is 2. The number of nitrogens with zero attached hydrogens (tertiary/aromatic N) is 1. The molecule has 1 amide bonds. The van der Waals surface area contributed by atoms with E-state index in [1.807, 2.05) is 29.2 Å². The van der Waals surface area contributed by atoms with Gasteiger partial charge in [-0.1, -0.05) is 30.3 Å². The van der Waals surface area contributed by atoms with Crippen molar-refractivity contribution in [2.45, 2.75) is 19.8 Å². The number of para-hydroxylation sites is 2. The second-order valence-corrected chi connectivity index (χ2v) is 5.90. The number of rotatable bonds is 5. The number of hydrogen-bond donors (Lipinski definition) is 1. The minimum atomic E-state index is -0.388. The average molecular weight is 338 g/mol. The van der Waals surface area contributed by atoms with Crippen molar-refractivity contribution in [1.82, 2.24) is 0 Å². The highest BCUT2D eigenvalue weighted by Gasteiger charge is 2.22. The molecule has 0 bridgehead atoms. The molecule has 130 valence electrons. The number of aryl methyl sites for hydroxylation is 1. The number of amides is 1. The van der Waals surface area contributed by atoms with Crippen molar-refractivity contribution in [2.75, 3.05) is 29.9 Å². The van der Waals surface area contributed by atoms with Crippen molar-refractivity contribution in [2.24, 2.45) is 0 Å². The summed E-state index contributed by atoms with van der Waals surface area (Å²) in [4.78, 5) is 26.5. The van der Waals surface area contributed by atoms with Crippen LogP contribution in [0.1, 0.15) is 29.3 Å².